The van der Waals surface area contributed by atoms with Gasteiger partial charge in [-0.2, -0.15) is 11.3 Å². The maximum absolute atomic E-state index is 11.9. The topological polar surface area (TPSA) is 41.1 Å². The van der Waals surface area contributed by atoms with Crippen molar-refractivity contribution in [1.29, 1.82) is 0 Å². The first kappa shape index (κ1) is 15.7. The number of thiophene rings is 1. The molecule has 0 spiro atoms. The first-order valence-electron chi connectivity index (χ1n) is 7.38. The van der Waals surface area contributed by atoms with Crippen molar-refractivity contribution < 1.29 is 4.79 Å². The van der Waals surface area contributed by atoms with Crippen LogP contribution in [0.3, 0.4) is 0 Å². The minimum absolute atomic E-state index is 0.0150. The summed E-state index contributed by atoms with van der Waals surface area (Å²) in [7, 11) is 0. The first-order chi connectivity index (χ1) is 10.3. The normalized spacial score (nSPS) is 10.5. The Balaban J connectivity index is 1.77. The molecule has 112 valence electrons. The summed E-state index contributed by atoms with van der Waals surface area (Å²) < 4.78 is 0. The number of benzene rings is 1. The standard InChI is InChI=1S/C17H22N2OS/c1-2-3-9-19-17(20)16-6-4-14(5-7-16)11-18-12-15-8-10-21-13-15/h4-8,10,13,18H,2-3,9,11-12H2,1H3,(H,19,20). The average molecular weight is 302 g/mol. The number of rotatable bonds is 8. The zero-order chi connectivity index (χ0) is 14.9. The van der Waals surface area contributed by atoms with Gasteiger partial charge in [-0.05, 0) is 46.5 Å². The van der Waals surface area contributed by atoms with Crippen LogP contribution in [0.4, 0.5) is 0 Å². The monoisotopic (exact) mass is 302 g/mol. The van der Waals surface area contributed by atoms with Crippen molar-refractivity contribution in [1.82, 2.24) is 10.6 Å². The van der Waals surface area contributed by atoms with E-state index in [1.54, 1.807) is 11.3 Å². The maximum Gasteiger partial charge on any atom is 0.251 e. The Hall–Kier alpha value is -1.65. The van der Waals surface area contributed by atoms with Crippen molar-refractivity contribution in [3.8, 4) is 0 Å². The summed E-state index contributed by atoms with van der Waals surface area (Å²) in [6.45, 7) is 4.56. The zero-order valence-corrected chi connectivity index (χ0v) is 13.2. The number of carbonyl (C=O) groups is 1. The Morgan fingerprint density at radius 1 is 1.10 bits per heavy atom. The van der Waals surface area contributed by atoms with Gasteiger partial charge in [0.2, 0.25) is 0 Å². The van der Waals surface area contributed by atoms with Crippen molar-refractivity contribution in [2.24, 2.45) is 0 Å². The third-order valence-electron chi connectivity index (χ3n) is 3.27. The lowest BCUT2D eigenvalue weighted by atomic mass is 10.1. The molecule has 1 aromatic carbocycles. The van der Waals surface area contributed by atoms with E-state index < -0.39 is 0 Å². The molecule has 0 saturated carbocycles. The molecule has 1 aromatic heterocycles. The summed E-state index contributed by atoms with van der Waals surface area (Å²) in [4.78, 5) is 11.9. The lowest BCUT2D eigenvalue weighted by Crippen LogP contribution is -2.24. The molecule has 3 nitrogen and oxygen atoms in total. The molecule has 0 aliphatic rings. The van der Waals surface area contributed by atoms with Gasteiger partial charge in [-0.15, -0.1) is 0 Å². The summed E-state index contributed by atoms with van der Waals surface area (Å²) in [5.74, 6) is 0.0150. The van der Waals surface area contributed by atoms with Crippen LogP contribution < -0.4 is 10.6 Å². The Bertz CT molecular complexity index is 534. The van der Waals surface area contributed by atoms with Crippen LogP contribution in [0.25, 0.3) is 0 Å². The molecule has 0 bridgehead atoms. The minimum atomic E-state index is 0.0150. The summed E-state index contributed by atoms with van der Waals surface area (Å²) in [6.07, 6.45) is 2.12. The average Bonchev–Trinajstić information content (AvgIpc) is 3.01. The first-order valence-corrected chi connectivity index (χ1v) is 8.33. The second-order valence-electron chi connectivity index (χ2n) is 5.04. The van der Waals surface area contributed by atoms with E-state index in [4.69, 9.17) is 0 Å². The van der Waals surface area contributed by atoms with Gasteiger partial charge in [0.1, 0.15) is 0 Å². The molecule has 0 radical (unpaired) electrons. The van der Waals surface area contributed by atoms with Crippen LogP contribution in [0.15, 0.2) is 41.1 Å². The van der Waals surface area contributed by atoms with E-state index >= 15 is 0 Å². The van der Waals surface area contributed by atoms with Gasteiger partial charge in [0.15, 0.2) is 0 Å². The maximum atomic E-state index is 11.9. The molecule has 4 heteroatoms. The molecule has 1 heterocycles. The predicted molar refractivity (Wildman–Crippen MR) is 88.5 cm³/mol. The smallest absolute Gasteiger partial charge is 0.251 e. The SMILES string of the molecule is CCCCNC(=O)c1ccc(CNCc2ccsc2)cc1. The zero-order valence-electron chi connectivity index (χ0n) is 12.4. The van der Waals surface area contributed by atoms with E-state index in [1.807, 2.05) is 24.3 Å². The van der Waals surface area contributed by atoms with E-state index in [0.717, 1.165) is 38.0 Å². The molecule has 2 rings (SSSR count). The molecule has 0 fully saturated rings. The van der Waals surface area contributed by atoms with E-state index in [0.29, 0.717) is 0 Å². The number of hydrogen-bond donors (Lipinski definition) is 2. The van der Waals surface area contributed by atoms with Gasteiger partial charge in [0, 0.05) is 25.2 Å². The van der Waals surface area contributed by atoms with Crippen LogP contribution in [0.1, 0.15) is 41.3 Å². The third kappa shape index (κ3) is 5.33. The van der Waals surface area contributed by atoms with Gasteiger partial charge in [-0.1, -0.05) is 25.5 Å². The van der Waals surface area contributed by atoms with Crippen LogP contribution in [-0.4, -0.2) is 12.5 Å². The highest BCUT2D eigenvalue weighted by Crippen LogP contribution is 2.07. The number of amides is 1. The van der Waals surface area contributed by atoms with Crippen molar-refractivity contribution in [2.45, 2.75) is 32.9 Å². The highest BCUT2D eigenvalue weighted by molar-refractivity contribution is 7.07. The summed E-state index contributed by atoms with van der Waals surface area (Å²) in [5.41, 5.74) is 3.23. The van der Waals surface area contributed by atoms with Gasteiger partial charge in [-0.25, -0.2) is 0 Å². The number of carbonyl (C=O) groups excluding carboxylic acids is 1. The van der Waals surface area contributed by atoms with Gasteiger partial charge in [0.05, 0.1) is 0 Å². The van der Waals surface area contributed by atoms with E-state index in [2.05, 4.69) is 34.4 Å². The van der Waals surface area contributed by atoms with Crippen LogP contribution in [0, 0.1) is 0 Å². The molecule has 0 unspecified atom stereocenters. The molecular weight excluding hydrogens is 280 g/mol. The number of unbranched alkanes of at least 4 members (excludes halogenated alkanes) is 1. The summed E-state index contributed by atoms with van der Waals surface area (Å²) in [6, 6.07) is 9.93. The molecule has 0 atom stereocenters. The quantitative estimate of drug-likeness (QED) is 0.732. The second-order valence-corrected chi connectivity index (χ2v) is 5.82. The van der Waals surface area contributed by atoms with Gasteiger partial charge < -0.3 is 10.6 Å². The lowest BCUT2D eigenvalue weighted by molar-refractivity contribution is 0.0953. The predicted octanol–water partition coefficient (Wildman–Crippen LogP) is 3.57. The van der Waals surface area contributed by atoms with Gasteiger partial charge in [-0.3, -0.25) is 4.79 Å². The Kier molecular flexibility index (Phi) is 6.44. The van der Waals surface area contributed by atoms with Crippen LogP contribution in [0.2, 0.25) is 0 Å². The molecular formula is C17H22N2OS. The fourth-order valence-electron chi connectivity index (χ4n) is 2.00. The van der Waals surface area contributed by atoms with Crippen molar-refractivity contribution in [3.63, 3.8) is 0 Å². The number of nitrogens with one attached hydrogen (secondary N) is 2. The third-order valence-corrected chi connectivity index (χ3v) is 4.00. The highest BCUT2D eigenvalue weighted by Gasteiger charge is 2.04. The largest absolute Gasteiger partial charge is 0.352 e. The molecule has 1 amide bonds. The highest BCUT2D eigenvalue weighted by atomic mass is 32.1. The Labute approximate surface area is 130 Å². The molecule has 0 saturated heterocycles. The molecule has 0 aliphatic heterocycles. The summed E-state index contributed by atoms with van der Waals surface area (Å²) in [5, 5.41) is 10.6. The van der Waals surface area contributed by atoms with Crippen molar-refractivity contribution in [2.75, 3.05) is 6.54 Å². The van der Waals surface area contributed by atoms with E-state index in [-0.39, 0.29) is 5.91 Å². The number of hydrogen-bond acceptors (Lipinski definition) is 3. The second kappa shape index (κ2) is 8.60. The molecule has 0 aliphatic carbocycles. The lowest BCUT2D eigenvalue weighted by Gasteiger charge is -2.06. The van der Waals surface area contributed by atoms with E-state index in [1.165, 1.54) is 11.1 Å². The molecule has 21 heavy (non-hydrogen) atoms. The van der Waals surface area contributed by atoms with E-state index in [9.17, 15) is 4.79 Å². The fourth-order valence-corrected chi connectivity index (χ4v) is 2.67. The van der Waals surface area contributed by atoms with Crippen LogP contribution in [0.5, 0.6) is 0 Å². The Morgan fingerprint density at radius 2 is 1.86 bits per heavy atom. The minimum Gasteiger partial charge on any atom is -0.352 e. The molecule has 2 aromatic rings. The van der Waals surface area contributed by atoms with Gasteiger partial charge in [0.25, 0.3) is 5.91 Å². The van der Waals surface area contributed by atoms with Crippen LogP contribution in [-0.2, 0) is 13.1 Å². The Morgan fingerprint density at radius 3 is 2.52 bits per heavy atom. The van der Waals surface area contributed by atoms with Crippen LogP contribution >= 0.6 is 11.3 Å². The molecule has 2 N–H and O–H groups in total. The summed E-state index contributed by atoms with van der Waals surface area (Å²) >= 11 is 1.71. The van der Waals surface area contributed by atoms with Crippen molar-refractivity contribution in [3.05, 3.63) is 57.8 Å². The van der Waals surface area contributed by atoms with Crippen molar-refractivity contribution >= 4 is 17.2 Å². The van der Waals surface area contributed by atoms with Gasteiger partial charge >= 0.3 is 0 Å². The fraction of sp³-hybridized carbons (Fsp3) is 0.353.